The number of amides is 1. The number of rotatable bonds is 4. The van der Waals surface area contributed by atoms with Gasteiger partial charge in [0.05, 0.1) is 0 Å². The fraction of sp³-hybridized carbons (Fsp3) is 0.545. The third-order valence-corrected chi connectivity index (χ3v) is 6.74. The van der Waals surface area contributed by atoms with Crippen molar-refractivity contribution in [2.45, 2.75) is 51.0 Å². The van der Waals surface area contributed by atoms with Gasteiger partial charge in [-0.1, -0.05) is 0 Å². The molecule has 2 aromatic rings. The van der Waals surface area contributed by atoms with Gasteiger partial charge in [-0.05, 0) is 80.9 Å². The monoisotopic (exact) mass is 367 g/mol. The lowest BCUT2D eigenvalue weighted by molar-refractivity contribution is -0.128. The summed E-state index contributed by atoms with van der Waals surface area (Å²) in [6, 6.07) is 6.83. The second-order valence-electron chi connectivity index (χ2n) is 8.94. The summed E-state index contributed by atoms with van der Waals surface area (Å²) >= 11 is 0. The molecule has 4 aliphatic carbocycles. The van der Waals surface area contributed by atoms with Crippen molar-refractivity contribution in [2.24, 2.45) is 17.8 Å². The summed E-state index contributed by atoms with van der Waals surface area (Å²) < 4.78 is 10.9. The van der Waals surface area contributed by atoms with Crippen LogP contribution < -0.4 is 15.7 Å². The summed E-state index contributed by atoms with van der Waals surface area (Å²) in [7, 11) is 0. The number of fused-ring (bicyclic) bond motifs is 1. The number of carbonyl (C=O) groups is 1. The fourth-order valence-electron chi connectivity index (χ4n) is 6.14. The first kappa shape index (κ1) is 16.8. The number of benzene rings is 1. The zero-order valence-electron chi connectivity index (χ0n) is 15.6. The number of carbonyl (C=O) groups excluding carboxylic acids is 1. The molecule has 1 N–H and O–H groups in total. The molecule has 0 aliphatic heterocycles. The van der Waals surface area contributed by atoms with Crippen LogP contribution in [0.5, 0.6) is 5.75 Å². The van der Waals surface area contributed by atoms with Gasteiger partial charge >= 0.3 is 5.63 Å². The van der Waals surface area contributed by atoms with Crippen molar-refractivity contribution in [1.82, 2.24) is 5.32 Å². The van der Waals surface area contributed by atoms with Crippen molar-refractivity contribution >= 4 is 16.9 Å². The molecule has 6 rings (SSSR count). The van der Waals surface area contributed by atoms with Crippen molar-refractivity contribution < 1.29 is 13.9 Å². The second-order valence-corrected chi connectivity index (χ2v) is 8.94. The van der Waals surface area contributed by atoms with Crippen molar-refractivity contribution in [2.75, 3.05) is 6.61 Å². The Kier molecular flexibility index (Phi) is 3.81. The van der Waals surface area contributed by atoms with E-state index in [1.165, 1.54) is 25.3 Å². The van der Waals surface area contributed by atoms with Crippen LogP contribution in [-0.2, 0) is 4.79 Å². The van der Waals surface area contributed by atoms with Gasteiger partial charge in [-0.3, -0.25) is 4.79 Å². The first-order valence-electron chi connectivity index (χ1n) is 9.96. The zero-order chi connectivity index (χ0) is 18.6. The Hall–Kier alpha value is -2.30. The van der Waals surface area contributed by atoms with E-state index in [0.29, 0.717) is 11.3 Å². The first-order valence-corrected chi connectivity index (χ1v) is 9.96. The summed E-state index contributed by atoms with van der Waals surface area (Å²) in [4.78, 5) is 24.1. The highest BCUT2D eigenvalue weighted by Gasteiger charge is 2.51. The molecule has 1 aromatic heterocycles. The molecule has 0 atom stereocenters. The molecule has 0 spiro atoms. The van der Waals surface area contributed by atoms with E-state index in [-0.39, 0.29) is 23.7 Å². The van der Waals surface area contributed by atoms with E-state index in [0.717, 1.165) is 48.0 Å². The summed E-state index contributed by atoms with van der Waals surface area (Å²) in [6.45, 7) is 1.86. The standard InChI is InChI=1S/C22H25NO4/c1-13-4-21(25)27-19-8-17(2-3-18(13)19)26-12-20(24)23-22-9-14-5-15(10-22)7-16(6-14)11-22/h2-4,8,14-16H,5-7,9-12H2,1H3,(H,23,24). The Morgan fingerprint density at radius 3 is 2.48 bits per heavy atom. The molecule has 1 aromatic carbocycles. The van der Waals surface area contributed by atoms with Crippen molar-refractivity contribution in [3.8, 4) is 5.75 Å². The van der Waals surface area contributed by atoms with E-state index in [2.05, 4.69) is 5.32 Å². The predicted molar refractivity (Wildman–Crippen MR) is 102 cm³/mol. The average Bonchev–Trinajstić information content (AvgIpc) is 2.58. The van der Waals surface area contributed by atoms with E-state index in [9.17, 15) is 9.59 Å². The maximum absolute atomic E-state index is 12.6. The lowest BCUT2D eigenvalue weighted by Crippen LogP contribution is -2.60. The highest BCUT2D eigenvalue weighted by atomic mass is 16.5. The largest absolute Gasteiger partial charge is 0.484 e. The number of aryl methyl sites for hydroxylation is 1. The minimum Gasteiger partial charge on any atom is -0.484 e. The minimum absolute atomic E-state index is 0.00246. The van der Waals surface area contributed by atoms with Crippen molar-refractivity contribution in [3.63, 3.8) is 0 Å². The number of nitrogens with one attached hydrogen (secondary N) is 1. The third kappa shape index (κ3) is 3.13. The van der Waals surface area contributed by atoms with E-state index >= 15 is 0 Å². The van der Waals surface area contributed by atoms with Crippen LogP contribution in [0.1, 0.15) is 44.1 Å². The van der Waals surface area contributed by atoms with Crippen LogP contribution in [0, 0.1) is 24.7 Å². The maximum atomic E-state index is 12.6. The smallest absolute Gasteiger partial charge is 0.336 e. The van der Waals surface area contributed by atoms with Crippen LogP contribution >= 0.6 is 0 Å². The van der Waals surface area contributed by atoms with Gasteiger partial charge in [-0.25, -0.2) is 4.79 Å². The van der Waals surface area contributed by atoms with Gasteiger partial charge < -0.3 is 14.5 Å². The summed E-state index contributed by atoms with van der Waals surface area (Å²) in [5.41, 5.74) is 0.978. The van der Waals surface area contributed by atoms with Crippen molar-refractivity contribution in [1.29, 1.82) is 0 Å². The van der Waals surface area contributed by atoms with Gasteiger partial charge in [0.2, 0.25) is 0 Å². The molecule has 0 unspecified atom stereocenters. The summed E-state index contributed by atoms with van der Waals surface area (Å²) in [6.07, 6.45) is 7.45. The molecular weight excluding hydrogens is 342 g/mol. The van der Waals surface area contributed by atoms with E-state index in [1.807, 2.05) is 19.1 Å². The quantitative estimate of drug-likeness (QED) is 0.839. The van der Waals surface area contributed by atoms with Crippen LogP contribution in [-0.4, -0.2) is 18.1 Å². The molecule has 4 aliphatic rings. The molecule has 1 amide bonds. The Bertz CT molecular complexity index is 925. The van der Waals surface area contributed by atoms with E-state index in [4.69, 9.17) is 9.15 Å². The lowest BCUT2D eigenvalue weighted by atomic mass is 9.53. The zero-order valence-corrected chi connectivity index (χ0v) is 15.6. The molecule has 5 heteroatoms. The lowest BCUT2D eigenvalue weighted by Gasteiger charge is -2.56. The SMILES string of the molecule is Cc1cc(=O)oc2cc(OCC(=O)NC34CC5CC(CC(C5)C3)C4)ccc12. The molecule has 1 heterocycles. The Morgan fingerprint density at radius 2 is 1.81 bits per heavy atom. The minimum atomic E-state index is -0.378. The molecule has 4 fully saturated rings. The Balaban J connectivity index is 1.26. The van der Waals surface area contributed by atoms with Gasteiger partial charge in [-0.2, -0.15) is 0 Å². The molecule has 0 radical (unpaired) electrons. The highest BCUT2D eigenvalue weighted by Crippen LogP contribution is 2.55. The molecular formula is C22H25NO4. The molecule has 4 saturated carbocycles. The van der Waals surface area contributed by atoms with Crippen LogP contribution in [0.15, 0.2) is 33.5 Å². The molecule has 0 saturated heterocycles. The number of hydrogen-bond donors (Lipinski definition) is 1. The third-order valence-electron chi connectivity index (χ3n) is 6.74. The summed E-state index contributed by atoms with van der Waals surface area (Å²) in [5.74, 6) is 2.87. The predicted octanol–water partition coefficient (Wildman–Crippen LogP) is 3.57. The molecule has 142 valence electrons. The molecule has 5 nitrogen and oxygen atoms in total. The van der Waals surface area contributed by atoms with Gasteiger partial charge in [0.15, 0.2) is 6.61 Å². The fourth-order valence-corrected chi connectivity index (χ4v) is 6.14. The van der Waals surface area contributed by atoms with Crippen LogP contribution in [0.2, 0.25) is 0 Å². The van der Waals surface area contributed by atoms with Gasteiger partial charge in [0.1, 0.15) is 11.3 Å². The van der Waals surface area contributed by atoms with Crippen LogP contribution in [0.3, 0.4) is 0 Å². The second kappa shape index (κ2) is 6.11. The maximum Gasteiger partial charge on any atom is 0.336 e. The van der Waals surface area contributed by atoms with Gasteiger partial charge in [0.25, 0.3) is 5.91 Å². The molecule has 4 bridgehead atoms. The van der Waals surface area contributed by atoms with E-state index < -0.39 is 0 Å². The topological polar surface area (TPSA) is 68.5 Å². The van der Waals surface area contributed by atoms with E-state index in [1.54, 1.807) is 6.07 Å². The molecule has 27 heavy (non-hydrogen) atoms. The van der Waals surface area contributed by atoms with Gasteiger partial charge in [0, 0.05) is 23.1 Å². The highest BCUT2D eigenvalue weighted by molar-refractivity contribution is 5.82. The van der Waals surface area contributed by atoms with Crippen LogP contribution in [0.25, 0.3) is 11.0 Å². The number of ether oxygens (including phenoxy) is 1. The normalized spacial score (nSPS) is 31.2. The van der Waals surface area contributed by atoms with Crippen LogP contribution in [0.4, 0.5) is 0 Å². The summed E-state index contributed by atoms with van der Waals surface area (Å²) in [5, 5.41) is 4.19. The Labute approximate surface area is 158 Å². The number of hydrogen-bond acceptors (Lipinski definition) is 4. The first-order chi connectivity index (χ1) is 13.0. The van der Waals surface area contributed by atoms with Gasteiger partial charge in [-0.15, -0.1) is 0 Å². The Morgan fingerprint density at radius 1 is 1.15 bits per heavy atom. The average molecular weight is 367 g/mol. The van der Waals surface area contributed by atoms with Crippen molar-refractivity contribution in [3.05, 3.63) is 40.2 Å².